The number of phenols is 1. The lowest BCUT2D eigenvalue weighted by Crippen LogP contribution is -2.20. The van der Waals surface area contributed by atoms with E-state index in [1.807, 2.05) is 18.2 Å². The number of phenolic OH excluding ortho intramolecular Hbond substituents is 1. The van der Waals surface area contributed by atoms with Crippen LogP contribution in [0.25, 0.3) is 10.9 Å². The zero-order valence-corrected chi connectivity index (χ0v) is 8.22. The molecule has 0 bridgehead atoms. The van der Waals surface area contributed by atoms with Crippen LogP contribution in [0.2, 0.25) is 0 Å². The minimum atomic E-state index is -0.338. The molecule has 1 aromatic carbocycles. The molecule has 4 nitrogen and oxygen atoms in total. The molecule has 0 fully saturated rings. The first-order chi connectivity index (χ1) is 7.22. The predicted molar refractivity (Wildman–Crippen MR) is 59.4 cm³/mol. The summed E-state index contributed by atoms with van der Waals surface area (Å²) in [5, 5.41) is 10.7. The Labute approximate surface area is 87.5 Å². The minimum Gasteiger partial charge on any atom is -0.508 e. The van der Waals surface area contributed by atoms with Gasteiger partial charge in [-0.3, -0.25) is 4.98 Å². The van der Waals surface area contributed by atoms with Gasteiger partial charge in [-0.2, -0.15) is 0 Å². The normalized spacial score (nSPS) is 12.9. The van der Waals surface area contributed by atoms with E-state index in [4.69, 9.17) is 11.5 Å². The molecule has 0 unspecified atom stereocenters. The number of hydrogen-bond acceptors (Lipinski definition) is 4. The van der Waals surface area contributed by atoms with Crippen LogP contribution in [0.5, 0.6) is 5.75 Å². The molecule has 5 N–H and O–H groups in total. The molecule has 2 rings (SSSR count). The SMILES string of the molecule is NC[C@H](N)c1cc2cccnc2cc1O. The summed E-state index contributed by atoms with van der Waals surface area (Å²) >= 11 is 0. The molecule has 0 spiro atoms. The van der Waals surface area contributed by atoms with Gasteiger partial charge in [-0.05, 0) is 12.1 Å². The molecule has 1 aromatic heterocycles. The molecule has 0 radical (unpaired) electrons. The van der Waals surface area contributed by atoms with Gasteiger partial charge < -0.3 is 16.6 Å². The van der Waals surface area contributed by atoms with Crippen molar-refractivity contribution in [3.63, 3.8) is 0 Å². The number of fused-ring (bicyclic) bond motifs is 1. The van der Waals surface area contributed by atoms with Crippen LogP contribution in [0, 0.1) is 0 Å². The van der Waals surface area contributed by atoms with E-state index in [0.29, 0.717) is 12.1 Å². The van der Waals surface area contributed by atoms with Crippen molar-refractivity contribution in [2.45, 2.75) is 6.04 Å². The molecule has 15 heavy (non-hydrogen) atoms. The van der Waals surface area contributed by atoms with Crippen molar-refractivity contribution in [2.75, 3.05) is 6.54 Å². The van der Waals surface area contributed by atoms with Gasteiger partial charge in [0.25, 0.3) is 0 Å². The second-order valence-electron chi connectivity index (χ2n) is 3.45. The van der Waals surface area contributed by atoms with Gasteiger partial charge in [-0.25, -0.2) is 0 Å². The first-order valence-electron chi connectivity index (χ1n) is 4.75. The van der Waals surface area contributed by atoms with Crippen LogP contribution in [0.15, 0.2) is 30.5 Å². The van der Waals surface area contributed by atoms with Crippen molar-refractivity contribution < 1.29 is 5.11 Å². The molecule has 0 aliphatic carbocycles. The third kappa shape index (κ3) is 1.77. The Bertz CT molecular complexity index is 484. The van der Waals surface area contributed by atoms with Crippen LogP contribution in [-0.4, -0.2) is 16.6 Å². The number of benzene rings is 1. The molecule has 78 valence electrons. The zero-order valence-electron chi connectivity index (χ0n) is 8.22. The van der Waals surface area contributed by atoms with E-state index in [0.717, 1.165) is 10.9 Å². The highest BCUT2D eigenvalue weighted by molar-refractivity contribution is 5.81. The zero-order chi connectivity index (χ0) is 10.8. The number of aromatic hydroxyl groups is 1. The molecule has 1 atom stereocenters. The van der Waals surface area contributed by atoms with E-state index >= 15 is 0 Å². The second-order valence-corrected chi connectivity index (χ2v) is 3.45. The molecule has 1 heterocycles. The predicted octanol–water partition coefficient (Wildman–Crippen LogP) is 0.899. The molecule has 2 aromatic rings. The Balaban J connectivity index is 2.61. The Morgan fingerprint density at radius 2 is 2.20 bits per heavy atom. The first kappa shape index (κ1) is 9.89. The fourth-order valence-electron chi connectivity index (χ4n) is 1.55. The maximum atomic E-state index is 9.73. The number of pyridine rings is 1. The fraction of sp³-hybridized carbons (Fsp3) is 0.182. The van der Waals surface area contributed by atoms with Crippen molar-refractivity contribution >= 4 is 10.9 Å². The van der Waals surface area contributed by atoms with Gasteiger partial charge >= 0.3 is 0 Å². The summed E-state index contributed by atoms with van der Waals surface area (Å²) in [6.07, 6.45) is 1.68. The molecule has 4 heteroatoms. The van der Waals surface area contributed by atoms with E-state index in [-0.39, 0.29) is 11.8 Å². The molecule has 0 aliphatic rings. The number of hydrogen-bond donors (Lipinski definition) is 3. The van der Waals surface area contributed by atoms with Crippen LogP contribution < -0.4 is 11.5 Å². The van der Waals surface area contributed by atoms with Crippen molar-refractivity contribution in [1.29, 1.82) is 0 Å². The molecule has 0 aliphatic heterocycles. The van der Waals surface area contributed by atoms with Gasteiger partial charge in [-0.1, -0.05) is 6.07 Å². The van der Waals surface area contributed by atoms with Gasteiger partial charge in [0.2, 0.25) is 0 Å². The lowest BCUT2D eigenvalue weighted by atomic mass is 10.0. The lowest BCUT2D eigenvalue weighted by Gasteiger charge is -2.12. The summed E-state index contributed by atoms with van der Waals surface area (Å²) in [5.41, 5.74) is 12.7. The Hall–Kier alpha value is -1.65. The Morgan fingerprint density at radius 1 is 1.40 bits per heavy atom. The summed E-state index contributed by atoms with van der Waals surface area (Å²) in [4.78, 5) is 4.14. The number of nitrogens with two attached hydrogens (primary N) is 2. The van der Waals surface area contributed by atoms with E-state index < -0.39 is 0 Å². The molecule has 0 saturated heterocycles. The van der Waals surface area contributed by atoms with E-state index in [1.165, 1.54) is 0 Å². The van der Waals surface area contributed by atoms with Gasteiger partial charge in [-0.15, -0.1) is 0 Å². The van der Waals surface area contributed by atoms with Crippen molar-refractivity contribution in [2.24, 2.45) is 11.5 Å². The molecular weight excluding hydrogens is 190 g/mol. The van der Waals surface area contributed by atoms with E-state index in [2.05, 4.69) is 4.98 Å². The largest absolute Gasteiger partial charge is 0.508 e. The average molecular weight is 203 g/mol. The monoisotopic (exact) mass is 203 g/mol. The second kappa shape index (κ2) is 3.84. The van der Waals surface area contributed by atoms with Gasteiger partial charge in [0.15, 0.2) is 0 Å². The third-order valence-electron chi connectivity index (χ3n) is 2.40. The van der Waals surface area contributed by atoms with Gasteiger partial charge in [0.1, 0.15) is 5.75 Å². The third-order valence-corrected chi connectivity index (χ3v) is 2.40. The number of nitrogens with zero attached hydrogens (tertiary/aromatic N) is 1. The van der Waals surface area contributed by atoms with Gasteiger partial charge in [0.05, 0.1) is 5.52 Å². The summed E-state index contributed by atoms with van der Waals surface area (Å²) in [5.74, 6) is 0.152. The van der Waals surface area contributed by atoms with Crippen LogP contribution >= 0.6 is 0 Å². The first-order valence-corrected chi connectivity index (χ1v) is 4.75. The summed E-state index contributed by atoms with van der Waals surface area (Å²) < 4.78 is 0. The maximum absolute atomic E-state index is 9.73. The van der Waals surface area contributed by atoms with Crippen LogP contribution in [0.4, 0.5) is 0 Å². The Kier molecular flexibility index (Phi) is 2.53. The fourth-order valence-corrected chi connectivity index (χ4v) is 1.55. The average Bonchev–Trinajstić information content (AvgIpc) is 2.27. The maximum Gasteiger partial charge on any atom is 0.122 e. The highest BCUT2D eigenvalue weighted by Crippen LogP contribution is 2.27. The quantitative estimate of drug-likeness (QED) is 0.677. The van der Waals surface area contributed by atoms with E-state index in [1.54, 1.807) is 12.3 Å². The standard InChI is InChI=1S/C11H13N3O/c12-6-9(13)8-4-7-2-1-3-14-10(7)5-11(8)15/h1-5,9,15H,6,12-13H2/t9-/m0/s1. The summed E-state index contributed by atoms with van der Waals surface area (Å²) in [7, 11) is 0. The number of aromatic nitrogens is 1. The van der Waals surface area contributed by atoms with E-state index in [9.17, 15) is 5.11 Å². The van der Waals surface area contributed by atoms with Crippen LogP contribution in [-0.2, 0) is 0 Å². The van der Waals surface area contributed by atoms with Crippen LogP contribution in [0.3, 0.4) is 0 Å². The van der Waals surface area contributed by atoms with Crippen molar-refractivity contribution in [3.05, 3.63) is 36.0 Å². The number of rotatable bonds is 2. The van der Waals surface area contributed by atoms with Crippen LogP contribution in [0.1, 0.15) is 11.6 Å². The lowest BCUT2D eigenvalue weighted by molar-refractivity contribution is 0.463. The minimum absolute atomic E-state index is 0.152. The molecule has 0 amide bonds. The highest BCUT2D eigenvalue weighted by atomic mass is 16.3. The highest BCUT2D eigenvalue weighted by Gasteiger charge is 2.10. The van der Waals surface area contributed by atoms with Crippen molar-refractivity contribution in [3.8, 4) is 5.75 Å². The summed E-state index contributed by atoms with van der Waals surface area (Å²) in [6, 6.07) is 6.87. The smallest absolute Gasteiger partial charge is 0.122 e. The topological polar surface area (TPSA) is 85.2 Å². The van der Waals surface area contributed by atoms with Gasteiger partial charge in [0, 0.05) is 35.8 Å². The molecular formula is C11H13N3O. The molecule has 0 saturated carbocycles. The summed E-state index contributed by atoms with van der Waals surface area (Å²) in [6.45, 7) is 0.305. The van der Waals surface area contributed by atoms with Crippen molar-refractivity contribution in [1.82, 2.24) is 4.98 Å². The Morgan fingerprint density at radius 3 is 2.93 bits per heavy atom.